The van der Waals surface area contributed by atoms with Gasteiger partial charge in [-0.05, 0) is 57.3 Å². The summed E-state index contributed by atoms with van der Waals surface area (Å²) < 4.78 is 37.5. The third kappa shape index (κ3) is 4.84. The summed E-state index contributed by atoms with van der Waals surface area (Å²) in [4.78, 5) is 20.7. The molecule has 11 heteroatoms. The molecule has 8 nitrogen and oxygen atoms in total. The molecule has 3 aliphatic rings. The highest BCUT2D eigenvalue weighted by atomic mass is 35.5. The van der Waals surface area contributed by atoms with Gasteiger partial charge in [0.05, 0.1) is 28.4 Å². The zero-order chi connectivity index (χ0) is 29.7. The van der Waals surface area contributed by atoms with Crippen molar-refractivity contribution in [3.63, 3.8) is 0 Å². The molecule has 0 spiro atoms. The fourth-order valence-corrected chi connectivity index (χ4v) is 7.42. The van der Waals surface area contributed by atoms with Gasteiger partial charge < -0.3 is 9.64 Å². The minimum absolute atomic E-state index is 0.00218. The minimum Gasteiger partial charge on any atom is -0.461 e. The number of nitriles is 1. The molecular weight excluding hydrogens is 572 g/mol. The lowest BCUT2D eigenvalue weighted by molar-refractivity contribution is 0.108. The summed E-state index contributed by atoms with van der Waals surface area (Å²) in [5.74, 6) is -0.705. The SMILES string of the molecule is CN1CCN(c2nc(OCC34CCCN3CCC4)nc3c(F)c(-c4cccc5ccc(F)c(Cl)c45)ncc23)C[C@@H]1CC#N. The fraction of sp³-hybridized carbons (Fsp3) is 0.438. The van der Waals surface area contributed by atoms with Gasteiger partial charge in [0, 0.05) is 42.8 Å². The molecule has 2 aromatic carbocycles. The van der Waals surface area contributed by atoms with Crippen molar-refractivity contribution in [2.24, 2.45) is 0 Å². The molecule has 0 saturated carbocycles. The van der Waals surface area contributed by atoms with E-state index in [1.165, 1.54) is 6.07 Å². The van der Waals surface area contributed by atoms with E-state index in [0.717, 1.165) is 45.3 Å². The molecule has 43 heavy (non-hydrogen) atoms. The number of fused-ring (bicyclic) bond motifs is 3. The Morgan fingerprint density at radius 2 is 1.91 bits per heavy atom. The van der Waals surface area contributed by atoms with E-state index in [0.29, 0.717) is 53.7 Å². The van der Waals surface area contributed by atoms with Gasteiger partial charge in [0.25, 0.3) is 0 Å². The van der Waals surface area contributed by atoms with Crippen LogP contribution in [-0.4, -0.2) is 82.7 Å². The zero-order valence-corrected chi connectivity index (χ0v) is 24.7. The van der Waals surface area contributed by atoms with Crippen molar-refractivity contribution in [1.82, 2.24) is 24.8 Å². The van der Waals surface area contributed by atoms with E-state index in [9.17, 15) is 9.65 Å². The maximum atomic E-state index is 16.6. The second kappa shape index (κ2) is 11.1. The molecule has 4 aromatic rings. The van der Waals surface area contributed by atoms with Crippen LogP contribution in [0.2, 0.25) is 5.02 Å². The molecule has 222 valence electrons. The summed E-state index contributed by atoms with van der Waals surface area (Å²) >= 11 is 6.39. The highest BCUT2D eigenvalue weighted by molar-refractivity contribution is 6.36. The molecule has 2 aromatic heterocycles. The Labute approximate surface area is 253 Å². The topological polar surface area (TPSA) is 81.4 Å². The van der Waals surface area contributed by atoms with E-state index in [-0.39, 0.29) is 33.8 Å². The molecule has 0 bridgehead atoms. The number of benzene rings is 2. The summed E-state index contributed by atoms with van der Waals surface area (Å²) in [6.07, 6.45) is 6.32. The number of hydrogen-bond donors (Lipinski definition) is 0. The van der Waals surface area contributed by atoms with Crippen LogP contribution in [0, 0.1) is 23.0 Å². The molecular formula is C32H32ClF2N7O. The Morgan fingerprint density at radius 1 is 1.09 bits per heavy atom. The van der Waals surface area contributed by atoms with Crippen LogP contribution in [0.3, 0.4) is 0 Å². The lowest BCUT2D eigenvalue weighted by atomic mass is 9.95. The van der Waals surface area contributed by atoms with Gasteiger partial charge in [-0.2, -0.15) is 15.2 Å². The number of likely N-dealkylation sites (N-methyl/N-ethyl adjacent to an activating group) is 1. The van der Waals surface area contributed by atoms with Crippen molar-refractivity contribution in [2.45, 2.75) is 43.7 Å². The molecule has 3 saturated heterocycles. The molecule has 1 atom stereocenters. The summed E-state index contributed by atoms with van der Waals surface area (Å²) in [6, 6.07) is 10.6. The Kier molecular flexibility index (Phi) is 7.28. The van der Waals surface area contributed by atoms with E-state index in [1.54, 1.807) is 30.5 Å². The minimum atomic E-state index is -0.650. The van der Waals surface area contributed by atoms with Crippen LogP contribution in [0.4, 0.5) is 14.6 Å². The van der Waals surface area contributed by atoms with E-state index in [1.807, 2.05) is 7.05 Å². The summed E-state index contributed by atoms with van der Waals surface area (Å²) in [7, 11) is 2.01. The van der Waals surface area contributed by atoms with Gasteiger partial charge in [-0.3, -0.25) is 14.8 Å². The van der Waals surface area contributed by atoms with Crippen LogP contribution in [0.5, 0.6) is 6.01 Å². The van der Waals surface area contributed by atoms with Crippen molar-refractivity contribution in [3.8, 4) is 23.3 Å². The van der Waals surface area contributed by atoms with E-state index < -0.39 is 11.6 Å². The van der Waals surface area contributed by atoms with Crippen LogP contribution in [-0.2, 0) is 0 Å². The van der Waals surface area contributed by atoms with Gasteiger partial charge in [0.15, 0.2) is 5.82 Å². The molecule has 5 heterocycles. The molecule has 7 rings (SSSR count). The largest absolute Gasteiger partial charge is 0.461 e. The highest BCUT2D eigenvalue weighted by Gasteiger charge is 2.45. The summed E-state index contributed by atoms with van der Waals surface area (Å²) in [6.45, 7) is 4.48. The van der Waals surface area contributed by atoms with E-state index >= 15 is 4.39 Å². The zero-order valence-electron chi connectivity index (χ0n) is 24.0. The second-order valence-electron chi connectivity index (χ2n) is 11.9. The predicted octanol–water partition coefficient (Wildman–Crippen LogP) is 5.82. The summed E-state index contributed by atoms with van der Waals surface area (Å²) in [5.41, 5.74) is 0.454. The van der Waals surface area contributed by atoms with Gasteiger partial charge in [-0.25, -0.2) is 8.78 Å². The second-order valence-corrected chi connectivity index (χ2v) is 12.3. The first-order valence-electron chi connectivity index (χ1n) is 14.8. The van der Waals surface area contributed by atoms with Crippen molar-refractivity contribution in [2.75, 3.05) is 51.3 Å². The first-order chi connectivity index (χ1) is 20.9. The van der Waals surface area contributed by atoms with Crippen molar-refractivity contribution < 1.29 is 13.5 Å². The molecule has 0 N–H and O–H groups in total. The molecule has 3 fully saturated rings. The van der Waals surface area contributed by atoms with Crippen LogP contribution >= 0.6 is 11.6 Å². The smallest absolute Gasteiger partial charge is 0.319 e. The van der Waals surface area contributed by atoms with Gasteiger partial charge in [0.2, 0.25) is 0 Å². The Hall–Kier alpha value is -3.65. The number of ether oxygens (including phenoxy) is 1. The normalized spacial score (nSPS) is 20.5. The number of rotatable bonds is 6. The average molecular weight is 604 g/mol. The number of pyridine rings is 1. The van der Waals surface area contributed by atoms with Crippen LogP contribution in [0.25, 0.3) is 32.9 Å². The lowest BCUT2D eigenvalue weighted by Crippen LogP contribution is -2.51. The first-order valence-corrected chi connectivity index (χ1v) is 15.2. The molecule has 0 aliphatic carbocycles. The Morgan fingerprint density at radius 3 is 2.70 bits per heavy atom. The van der Waals surface area contributed by atoms with Crippen molar-refractivity contribution in [1.29, 1.82) is 5.26 Å². The fourth-order valence-electron chi connectivity index (χ4n) is 7.15. The number of anilines is 1. The van der Waals surface area contributed by atoms with Crippen LogP contribution in [0.15, 0.2) is 36.5 Å². The predicted molar refractivity (Wildman–Crippen MR) is 162 cm³/mol. The van der Waals surface area contributed by atoms with E-state index in [4.69, 9.17) is 21.3 Å². The van der Waals surface area contributed by atoms with Gasteiger partial charge in [-0.15, -0.1) is 0 Å². The van der Waals surface area contributed by atoms with Crippen LogP contribution < -0.4 is 9.64 Å². The van der Waals surface area contributed by atoms with Gasteiger partial charge >= 0.3 is 6.01 Å². The van der Waals surface area contributed by atoms with Crippen molar-refractivity contribution in [3.05, 3.63) is 53.2 Å². The standard InChI is InChI=1S/C32H32ClF2N7O/c1-40-15-16-41(18-21(40)9-12-36)30-23-17-37-28(22-6-2-5-20-7-8-24(34)26(33)25(20)22)27(35)29(23)38-31(39-30)43-19-32-10-3-13-42(32)14-4-11-32/h2,5-8,17,21H,3-4,9-11,13-16,18-19H2,1H3/t21-/m0/s1. The quantitative estimate of drug-likeness (QED) is 0.273. The summed E-state index contributed by atoms with van der Waals surface area (Å²) in [5, 5.41) is 10.8. The Bertz CT molecular complexity index is 1750. The first kappa shape index (κ1) is 28.1. The number of aromatic nitrogens is 3. The van der Waals surface area contributed by atoms with Gasteiger partial charge in [-0.1, -0.05) is 35.9 Å². The van der Waals surface area contributed by atoms with Crippen LogP contribution in [0.1, 0.15) is 32.1 Å². The van der Waals surface area contributed by atoms with Crippen molar-refractivity contribution >= 4 is 39.1 Å². The number of nitrogens with zero attached hydrogens (tertiary/aromatic N) is 7. The van der Waals surface area contributed by atoms with Gasteiger partial charge in [0.1, 0.15) is 29.5 Å². The molecule has 0 amide bonds. The third-order valence-electron chi connectivity index (χ3n) is 9.52. The maximum Gasteiger partial charge on any atom is 0.319 e. The number of piperazine rings is 1. The average Bonchev–Trinajstić information content (AvgIpc) is 3.60. The highest BCUT2D eigenvalue weighted by Crippen LogP contribution is 2.41. The lowest BCUT2D eigenvalue weighted by Gasteiger charge is -2.39. The monoisotopic (exact) mass is 603 g/mol. The molecule has 0 unspecified atom stereocenters. The Balaban J connectivity index is 1.35. The van der Waals surface area contributed by atoms with E-state index in [2.05, 4.69) is 30.7 Å². The molecule has 0 radical (unpaired) electrons. The number of hydrogen-bond acceptors (Lipinski definition) is 8. The third-order valence-corrected chi connectivity index (χ3v) is 9.89. The number of halogens is 3. The maximum absolute atomic E-state index is 16.6. The molecule has 3 aliphatic heterocycles.